The number of nitrogens with zero attached hydrogens (tertiary/aromatic N) is 4. The third-order valence-electron chi connectivity index (χ3n) is 4.68. The highest BCUT2D eigenvalue weighted by Gasteiger charge is 2.37. The third kappa shape index (κ3) is 4.34. The lowest BCUT2D eigenvalue weighted by Crippen LogP contribution is -2.48. The molecule has 0 aliphatic carbocycles. The Kier molecular flexibility index (Phi) is 7.02. The predicted octanol–water partition coefficient (Wildman–Crippen LogP) is 2.31. The van der Waals surface area contributed by atoms with Crippen molar-refractivity contribution in [3.05, 3.63) is 41.5 Å². The number of rotatable bonds is 5. The Labute approximate surface area is 167 Å². The third-order valence-corrected chi connectivity index (χ3v) is 6.84. The summed E-state index contributed by atoms with van der Waals surface area (Å²) in [6.07, 6.45) is 3.44. The SMILES string of the molecule is Cc1nn(CC(C)C)c(C)c1S(=O)(=O)N1CCNCC1c1cccnc1.Cl. The summed E-state index contributed by atoms with van der Waals surface area (Å²) in [5.41, 5.74) is 2.17. The van der Waals surface area contributed by atoms with Crippen LogP contribution in [0.2, 0.25) is 0 Å². The van der Waals surface area contributed by atoms with Crippen molar-refractivity contribution in [2.24, 2.45) is 5.92 Å². The summed E-state index contributed by atoms with van der Waals surface area (Å²) >= 11 is 0. The molecule has 1 N–H and O–H groups in total. The summed E-state index contributed by atoms with van der Waals surface area (Å²) in [6, 6.07) is 3.50. The zero-order chi connectivity index (χ0) is 18.9. The molecular weight excluding hydrogens is 386 g/mol. The number of hydrogen-bond acceptors (Lipinski definition) is 5. The van der Waals surface area contributed by atoms with E-state index in [4.69, 9.17) is 0 Å². The van der Waals surface area contributed by atoms with E-state index in [0.29, 0.717) is 48.4 Å². The molecule has 1 atom stereocenters. The molecule has 27 heavy (non-hydrogen) atoms. The molecule has 0 bridgehead atoms. The molecule has 3 heterocycles. The molecule has 1 fully saturated rings. The average Bonchev–Trinajstić information content (AvgIpc) is 2.89. The smallest absolute Gasteiger partial charge is 0.247 e. The van der Waals surface area contributed by atoms with Gasteiger partial charge in [-0.2, -0.15) is 9.40 Å². The van der Waals surface area contributed by atoms with E-state index in [1.54, 1.807) is 23.6 Å². The Morgan fingerprint density at radius 1 is 1.33 bits per heavy atom. The fourth-order valence-electron chi connectivity index (χ4n) is 3.53. The van der Waals surface area contributed by atoms with Crippen LogP contribution in [0.1, 0.15) is 36.8 Å². The molecule has 1 unspecified atom stereocenters. The molecule has 2 aromatic heterocycles. The molecule has 9 heteroatoms. The number of piperazine rings is 1. The molecular formula is C18H28ClN5O2S. The van der Waals surface area contributed by atoms with Crippen LogP contribution in [-0.2, 0) is 16.6 Å². The molecule has 0 saturated carbocycles. The highest BCUT2D eigenvalue weighted by molar-refractivity contribution is 7.89. The molecule has 1 aliphatic rings. The zero-order valence-corrected chi connectivity index (χ0v) is 17.8. The fraction of sp³-hybridized carbons (Fsp3) is 0.556. The summed E-state index contributed by atoms with van der Waals surface area (Å²) in [5.74, 6) is 0.394. The molecule has 1 saturated heterocycles. The van der Waals surface area contributed by atoms with Crippen LogP contribution in [0.4, 0.5) is 0 Å². The van der Waals surface area contributed by atoms with Crippen LogP contribution in [0.5, 0.6) is 0 Å². The first-order chi connectivity index (χ1) is 12.3. The van der Waals surface area contributed by atoms with Gasteiger partial charge in [0.2, 0.25) is 10.0 Å². The lowest BCUT2D eigenvalue weighted by atomic mass is 10.1. The van der Waals surface area contributed by atoms with Gasteiger partial charge in [-0.25, -0.2) is 8.42 Å². The van der Waals surface area contributed by atoms with Gasteiger partial charge in [0.1, 0.15) is 4.90 Å². The van der Waals surface area contributed by atoms with Crippen molar-refractivity contribution in [3.63, 3.8) is 0 Å². The highest BCUT2D eigenvalue weighted by atomic mass is 35.5. The number of halogens is 1. The molecule has 3 rings (SSSR count). The Hall–Kier alpha value is -1.48. The first kappa shape index (κ1) is 21.8. The van der Waals surface area contributed by atoms with E-state index >= 15 is 0 Å². The van der Waals surface area contributed by atoms with Crippen LogP contribution in [0.25, 0.3) is 0 Å². The molecule has 7 nitrogen and oxygen atoms in total. The Bertz CT molecular complexity index is 867. The molecule has 2 aromatic rings. The van der Waals surface area contributed by atoms with Crippen molar-refractivity contribution in [2.45, 2.75) is 45.2 Å². The normalized spacial score (nSPS) is 18.5. The van der Waals surface area contributed by atoms with Gasteiger partial charge in [0.25, 0.3) is 0 Å². The van der Waals surface area contributed by atoms with Gasteiger partial charge in [-0.15, -0.1) is 12.4 Å². The fourth-order valence-corrected chi connectivity index (χ4v) is 5.52. The number of pyridine rings is 1. The van der Waals surface area contributed by atoms with Crippen LogP contribution >= 0.6 is 12.4 Å². The van der Waals surface area contributed by atoms with Gasteiger partial charge in [0, 0.05) is 38.6 Å². The molecule has 0 amide bonds. The van der Waals surface area contributed by atoms with Crippen molar-refractivity contribution in [1.29, 1.82) is 0 Å². The minimum absolute atomic E-state index is 0. The Morgan fingerprint density at radius 3 is 2.70 bits per heavy atom. The van der Waals surface area contributed by atoms with Crippen LogP contribution in [0.3, 0.4) is 0 Å². The number of hydrogen-bond donors (Lipinski definition) is 1. The van der Waals surface area contributed by atoms with E-state index in [1.807, 2.05) is 23.7 Å². The maximum absolute atomic E-state index is 13.5. The maximum Gasteiger partial charge on any atom is 0.247 e. The number of nitrogens with one attached hydrogen (secondary N) is 1. The van der Waals surface area contributed by atoms with E-state index in [0.717, 1.165) is 5.56 Å². The summed E-state index contributed by atoms with van der Waals surface area (Å²) < 4.78 is 30.5. The lowest BCUT2D eigenvalue weighted by molar-refractivity contribution is 0.271. The van der Waals surface area contributed by atoms with Crippen molar-refractivity contribution >= 4 is 22.4 Å². The van der Waals surface area contributed by atoms with E-state index < -0.39 is 10.0 Å². The van der Waals surface area contributed by atoms with Crippen molar-refractivity contribution < 1.29 is 8.42 Å². The second-order valence-corrected chi connectivity index (χ2v) is 9.03. The lowest BCUT2D eigenvalue weighted by Gasteiger charge is -2.35. The standard InChI is InChI=1S/C18H27N5O2S.ClH/c1-13(2)12-22-15(4)18(14(3)21-22)26(24,25)23-9-8-20-11-17(23)16-6-5-7-19-10-16;/h5-7,10,13,17,20H,8-9,11-12H2,1-4H3;1H. The van der Waals surface area contributed by atoms with E-state index in [9.17, 15) is 8.42 Å². The topological polar surface area (TPSA) is 80.1 Å². The summed E-state index contributed by atoms with van der Waals surface area (Å²) in [4.78, 5) is 4.50. The molecule has 1 aliphatic heterocycles. The quantitative estimate of drug-likeness (QED) is 0.813. The van der Waals surface area contributed by atoms with E-state index in [1.165, 1.54) is 0 Å². The van der Waals surface area contributed by atoms with Crippen molar-refractivity contribution in [1.82, 2.24) is 24.4 Å². The minimum Gasteiger partial charge on any atom is -0.313 e. The molecule has 150 valence electrons. The largest absolute Gasteiger partial charge is 0.313 e. The van der Waals surface area contributed by atoms with Gasteiger partial charge in [0.15, 0.2) is 0 Å². The minimum atomic E-state index is -3.65. The summed E-state index contributed by atoms with van der Waals surface area (Å²) in [6.45, 7) is 10.1. The molecule has 0 spiro atoms. The van der Waals surface area contributed by atoms with Gasteiger partial charge in [-0.3, -0.25) is 9.67 Å². The number of aryl methyl sites for hydroxylation is 1. The van der Waals surface area contributed by atoms with Crippen LogP contribution in [0.15, 0.2) is 29.4 Å². The van der Waals surface area contributed by atoms with Gasteiger partial charge in [-0.05, 0) is 31.4 Å². The van der Waals surface area contributed by atoms with Crippen LogP contribution in [-0.4, -0.2) is 47.1 Å². The van der Waals surface area contributed by atoms with Gasteiger partial charge >= 0.3 is 0 Å². The zero-order valence-electron chi connectivity index (χ0n) is 16.2. The van der Waals surface area contributed by atoms with E-state index in [-0.39, 0.29) is 18.4 Å². The monoisotopic (exact) mass is 413 g/mol. The Balaban J connectivity index is 0.00000261. The molecule has 0 radical (unpaired) electrons. The molecule has 0 aromatic carbocycles. The maximum atomic E-state index is 13.5. The summed E-state index contributed by atoms with van der Waals surface area (Å²) in [7, 11) is -3.65. The van der Waals surface area contributed by atoms with Gasteiger partial charge in [-0.1, -0.05) is 19.9 Å². The number of aromatic nitrogens is 3. The van der Waals surface area contributed by atoms with Crippen molar-refractivity contribution in [2.75, 3.05) is 19.6 Å². The second kappa shape index (κ2) is 8.68. The first-order valence-corrected chi connectivity index (χ1v) is 10.4. The van der Waals surface area contributed by atoms with Gasteiger partial charge < -0.3 is 5.32 Å². The van der Waals surface area contributed by atoms with E-state index in [2.05, 4.69) is 29.2 Å². The Morgan fingerprint density at radius 2 is 2.07 bits per heavy atom. The highest BCUT2D eigenvalue weighted by Crippen LogP contribution is 2.31. The number of sulfonamides is 1. The average molecular weight is 414 g/mol. The van der Waals surface area contributed by atoms with Gasteiger partial charge in [0.05, 0.1) is 17.4 Å². The first-order valence-electron chi connectivity index (χ1n) is 8.99. The van der Waals surface area contributed by atoms with Crippen molar-refractivity contribution in [3.8, 4) is 0 Å². The van der Waals surface area contributed by atoms with Crippen LogP contribution < -0.4 is 5.32 Å². The van der Waals surface area contributed by atoms with Crippen LogP contribution in [0, 0.1) is 19.8 Å². The summed E-state index contributed by atoms with van der Waals surface area (Å²) in [5, 5.41) is 7.78. The second-order valence-electron chi connectivity index (χ2n) is 7.20. The predicted molar refractivity (Wildman–Crippen MR) is 108 cm³/mol.